The van der Waals surface area contributed by atoms with E-state index in [0.717, 1.165) is 5.69 Å². The lowest BCUT2D eigenvalue weighted by atomic mass is 9.98. The second-order valence-electron chi connectivity index (χ2n) is 6.46. The molecule has 142 valence electrons. The molecule has 0 bridgehead atoms. The number of ether oxygens (including phenoxy) is 1. The molecular formula is C16H22N4O5S. The lowest BCUT2D eigenvalue weighted by Crippen LogP contribution is -2.40. The van der Waals surface area contributed by atoms with Crippen molar-refractivity contribution in [2.75, 3.05) is 13.1 Å². The molecule has 0 N–H and O–H groups in total. The first-order valence-electron chi connectivity index (χ1n) is 8.36. The first-order chi connectivity index (χ1) is 12.3. The molecule has 0 spiro atoms. The number of piperidine rings is 1. The third kappa shape index (κ3) is 3.80. The van der Waals surface area contributed by atoms with Gasteiger partial charge in [0.05, 0.1) is 11.6 Å². The third-order valence-corrected chi connectivity index (χ3v) is 6.28. The molecule has 2 aromatic rings. The molecule has 9 nitrogen and oxygen atoms in total. The van der Waals surface area contributed by atoms with Gasteiger partial charge in [0.25, 0.3) is 10.0 Å². The smallest absolute Gasteiger partial charge is 0.309 e. The molecule has 3 rings (SSSR count). The Morgan fingerprint density at radius 2 is 2.04 bits per heavy atom. The topological polar surface area (TPSA) is 108 Å². The summed E-state index contributed by atoms with van der Waals surface area (Å²) < 4.78 is 38.6. The Morgan fingerprint density at radius 3 is 2.58 bits per heavy atom. The SMILES string of the molecule is Cc1cc(COC(=O)C2CCN(S(=O)(=O)c3cn(C)c(C)n3)CC2)on1. The number of nitrogens with zero attached hydrogens (tertiary/aromatic N) is 4. The number of carbonyl (C=O) groups is 1. The van der Waals surface area contributed by atoms with E-state index in [0.29, 0.717) is 24.4 Å². The highest BCUT2D eigenvalue weighted by molar-refractivity contribution is 7.89. The van der Waals surface area contributed by atoms with E-state index in [4.69, 9.17) is 9.26 Å². The Hall–Kier alpha value is -2.20. The van der Waals surface area contributed by atoms with E-state index < -0.39 is 10.0 Å². The minimum atomic E-state index is -3.64. The van der Waals surface area contributed by atoms with Gasteiger partial charge >= 0.3 is 5.97 Å². The van der Waals surface area contributed by atoms with Crippen molar-refractivity contribution < 1.29 is 22.5 Å². The van der Waals surface area contributed by atoms with Crippen LogP contribution in [0.25, 0.3) is 0 Å². The van der Waals surface area contributed by atoms with Crippen molar-refractivity contribution in [1.29, 1.82) is 0 Å². The Labute approximate surface area is 152 Å². The maximum atomic E-state index is 12.7. The van der Waals surface area contributed by atoms with Crippen LogP contribution in [0.3, 0.4) is 0 Å². The van der Waals surface area contributed by atoms with Crippen LogP contribution in [0.4, 0.5) is 0 Å². The monoisotopic (exact) mass is 382 g/mol. The standard InChI is InChI=1S/C16H22N4O5S/c1-11-8-14(25-18-11)10-24-16(21)13-4-6-20(7-5-13)26(22,23)15-9-19(3)12(2)17-15/h8-9,13H,4-7,10H2,1-3H3. The van der Waals surface area contributed by atoms with Crippen molar-refractivity contribution in [2.45, 2.75) is 38.3 Å². The molecule has 1 aliphatic heterocycles. The molecule has 0 saturated carbocycles. The first-order valence-corrected chi connectivity index (χ1v) is 9.80. The Kier molecular flexibility index (Phi) is 5.15. The van der Waals surface area contributed by atoms with Crippen molar-refractivity contribution in [3.05, 3.63) is 29.5 Å². The van der Waals surface area contributed by atoms with Crippen molar-refractivity contribution in [3.63, 3.8) is 0 Å². The largest absolute Gasteiger partial charge is 0.457 e. The number of hydrogen-bond acceptors (Lipinski definition) is 7. The van der Waals surface area contributed by atoms with Gasteiger partial charge in [-0.3, -0.25) is 4.79 Å². The Balaban J connectivity index is 1.55. The van der Waals surface area contributed by atoms with Crippen LogP contribution in [-0.2, 0) is 33.2 Å². The van der Waals surface area contributed by atoms with Crippen LogP contribution in [0, 0.1) is 19.8 Å². The summed E-state index contributed by atoms with van der Waals surface area (Å²) in [6.07, 6.45) is 2.34. The fourth-order valence-electron chi connectivity index (χ4n) is 2.86. The van der Waals surface area contributed by atoms with E-state index in [-0.39, 0.29) is 36.6 Å². The molecule has 0 unspecified atom stereocenters. The van der Waals surface area contributed by atoms with E-state index in [1.807, 2.05) is 0 Å². The van der Waals surface area contributed by atoms with Crippen molar-refractivity contribution in [1.82, 2.24) is 19.0 Å². The Morgan fingerprint density at radius 1 is 1.35 bits per heavy atom. The summed E-state index contributed by atoms with van der Waals surface area (Å²) in [6.45, 7) is 4.09. The highest BCUT2D eigenvalue weighted by atomic mass is 32.2. The van der Waals surface area contributed by atoms with Crippen molar-refractivity contribution in [2.24, 2.45) is 13.0 Å². The fraction of sp³-hybridized carbons (Fsp3) is 0.562. The van der Waals surface area contributed by atoms with Gasteiger partial charge in [-0.05, 0) is 26.7 Å². The maximum absolute atomic E-state index is 12.7. The van der Waals surface area contributed by atoms with E-state index in [2.05, 4.69) is 10.1 Å². The summed E-state index contributed by atoms with van der Waals surface area (Å²) in [6, 6.07) is 1.71. The van der Waals surface area contributed by atoms with Crippen LogP contribution in [0.5, 0.6) is 0 Å². The van der Waals surface area contributed by atoms with Gasteiger partial charge in [0.1, 0.15) is 5.82 Å². The zero-order valence-electron chi connectivity index (χ0n) is 15.0. The van der Waals surface area contributed by atoms with Gasteiger partial charge < -0.3 is 13.8 Å². The minimum Gasteiger partial charge on any atom is -0.457 e. The van der Waals surface area contributed by atoms with Crippen LogP contribution < -0.4 is 0 Å². The quantitative estimate of drug-likeness (QED) is 0.714. The predicted octanol–water partition coefficient (Wildman–Crippen LogP) is 1.17. The van der Waals surface area contributed by atoms with Crippen molar-refractivity contribution >= 4 is 16.0 Å². The molecule has 2 aromatic heterocycles. The summed E-state index contributed by atoms with van der Waals surface area (Å²) in [5.41, 5.74) is 0.722. The van der Waals surface area contributed by atoms with Gasteiger partial charge in [0, 0.05) is 32.4 Å². The summed E-state index contributed by atoms with van der Waals surface area (Å²) in [4.78, 5) is 16.3. The number of rotatable bonds is 5. The average Bonchev–Trinajstić information content (AvgIpc) is 3.19. The Bertz CT molecular complexity index is 874. The molecule has 1 aliphatic rings. The number of sulfonamides is 1. The average molecular weight is 382 g/mol. The fourth-order valence-corrected chi connectivity index (χ4v) is 4.35. The summed E-state index contributed by atoms with van der Waals surface area (Å²) in [5, 5.41) is 3.77. The predicted molar refractivity (Wildman–Crippen MR) is 90.5 cm³/mol. The highest BCUT2D eigenvalue weighted by Gasteiger charge is 2.34. The molecule has 0 aromatic carbocycles. The number of esters is 1. The van der Waals surface area contributed by atoms with Crippen LogP contribution in [-0.4, -0.2) is 46.5 Å². The normalized spacial score (nSPS) is 16.7. The lowest BCUT2D eigenvalue weighted by Gasteiger charge is -2.29. The zero-order valence-corrected chi connectivity index (χ0v) is 15.8. The molecule has 0 aliphatic carbocycles. The van der Waals surface area contributed by atoms with Gasteiger partial charge in [-0.15, -0.1) is 0 Å². The minimum absolute atomic E-state index is 0.0331. The molecule has 26 heavy (non-hydrogen) atoms. The number of carbonyl (C=O) groups excluding carboxylic acids is 1. The number of aryl methyl sites for hydroxylation is 3. The molecule has 0 radical (unpaired) electrons. The van der Waals surface area contributed by atoms with Crippen LogP contribution >= 0.6 is 0 Å². The first kappa shape index (κ1) is 18.6. The molecule has 10 heteroatoms. The van der Waals surface area contributed by atoms with Crippen LogP contribution in [0.2, 0.25) is 0 Å². The summed E-state index contributed by atoms with van der Waals surface area (Å²) >= 11 is 0. The molecule has 1 saturated heterocycles. The van der Waals surface area contributed by atoms with Gasteiger partial charge in [-0.25, -0.2) is 13.4 Å². The second kappa shape index (κ2) is 7.20. The summed E-state index contributed by atoms with van der Waals surface area (Å²) in [5.74, 6) is 0.451. The number of imidazole rings is 1. The number of aromatic nitrogens is 3. The molecule has 3 heterocycles. The highest BCUT2D eigenvalue weighted by Crippen LogP contribution is 2.24. The number of hydrogen-bond donors (Lipinski definition) is 0. The van der Waals surface area contributed by atoms with Crippen LogP contribution in [0.15, 0.2) is 21.8 Å². The summed E-state index contributed by atoms with van der Waals surface area (Å²) in [7, 11) is -1.89. The van der Waals surface area contributed by atoms with E-state index in [9.17, 15) is 13.2 Å². The zero-order chi connectivity index (χ0) is 18.9. The van der Waals surface area contributed by atoms with Gasteiger partial charge in [-0.1, -0.05) is 5.16 Å². The molecular weight excluding hydrogens is 360 g/mol. The van der Waals surface area contributed by atoms with Crippen molar-refractivity contribution in [3.8, 4) is 0 Å². The third-order valence-electron chi connectivity index (χ3n) is 4.51. The van der Waals surface area contributed by atoms with Crippen LogP contribution in [0.1, 0.15) is 30.1 Å². The van der Waals surface area contributed by atoms with E-state index in [1.165, 1.54) is 10.5 Å². The lowest BCUT2D eigenvalue weighted by molar-refractivity contribution is -0.151. The second-order valence-corrected chi connectivity index (χ2v) is 8.34. The van der Waals surface area contributed by atoms with E-state index in [1.54, 1.807) is 31.5 Å². The molecule has 0 amide bonds. The van der Waals surface area contributed by atoms with Gasteiger partial charge in [0.15, 0.2) is 17.4 Å². The molecule has 0 atom stereocenters. The van der Waals surface area contributed by atoms with E-state index >= 15 is 0 Å². The maximum Gasteiger partial charge on any atom is 0.309 e. The molecule has 1 fully saturated rings. The van der Waals surface area contributed by atoms with Gasteiger partial charge in [-0.2, -0.15) is 4.31 Å². The van der Waals surface area contributed by atoms with Gasteiger partial charge in [0.2, 0.25) is 0 Å².